The van der Waals surface area contributed by atoms with Crippen LogP contribution in [0.4, 0.5) is 0 Å². The van der Waals surface area contributed by atoms with Gasteiger partial charge >= 0.3 is 0 Å². The van der Waals surface area contributed by atoms with Crippen molar-refractivity contribution in [3.05, 3.63) is 23.0 Å². The Morgan fingerprint density at radius 1 is 1.64 bits per heavy atom. The lowest BCUT2D eigenvalue weighted by molar-refractivity contribution is 0.680. The molecule has 0 saturated heterocycles. The van der Waals surface area contributed by atoms with Gasteiger partial charge in [-0.3, -0.25) is 0 Å². The number of nitrogens with zero attached hydrogens (tertiary/aromatic N) is 1. The zero-order valence-electron chi connectivity index (χ0n) is 5.59. The van der Waals surface area contributed by atoms with E-state index < -0.39 is 0 Å². The molecule has 0 aromatic carbocycles. The van der Waals surface area contributed by atoms with Crippen molar-refractivity contribution >= 4 is 32.7 Å². The molecule has 2 atom stereocenters. The Labute approximate surface area is 78.2 Å². The fourth-order valence-electron chi connectivity index (χ4n) is 1.24. The maximum Gasteiger partial charge on any atom is 0.129 e. The highest BCUT2D eigenvalue weighted by atomic mass is 79.9. The second kappa shape index (κ2) is 2.64. The summed E-state index contributed by atoms with van der Waals surface area (Å²) in [5, 5.41) is 3.75. The molecule has 58 valence electrons. The molecule has 0 amide bonds. The highest BCUT2D eigenvalue weighted by molar-refractivity contribution is 9.11. The smallest absolute Gasteiger partial charge is 0.129 e. The molecule has 0 saturated carbocycles. The van der Waals surface area contributed by atoms with Gasteiger partial charge in [0.2, 0.25) is 0 Å². The van der Waals surface area contributed by atoms with Crippen molar-refractivity contribution in [2.24, 2.45) is 10.9 Å². The van der Waals surface area contributed by atoms with Gasteiger partial charge in [-0.2, -0.15) is 0 Å². The molecule has 2 aliphatic rings. The molecule has 4 heteroatoms. The van der Waals surface area contributed by atoms with E-state index in [9.17, 15) is 0 Å². The van der Waals surface area contributed by atoms with Gasteiger partial charge in [0.15, 0.2) is 0 Å². The number of aliphatic imine (C=N–C) groups is 1. The lowest BCUT2D eigenvalue weighted by Gasteiger charge is -2.20. The highest BCUT2D eigenvalue weighted by Crippen LogP contribution is 2.30. The molecule has 0 aliphatic carbocycles. The summed E-state index contributed by atoms with van der Waals surface area (Å²) in [4.78, 5) is 4.02. The first kappa shape index (κ1) is 7.37. The fourth-order valence-corrected chi connectivity index (χ4v) is 2.00. The molecule has 0 radical (unpaired) electrons. The van der Waals surface area contributed by atoms with Crippen molar-refractivity contribution in [3.63, 3.8) is 0 Å². The van der Waals surface area contributed by atoms with E-state index in [0.717, 1.165) is 4.48 Å². The predicted molar refractivity (Wildman–Crippen MR) is 49.9 cm³/mol. The summed E-state index contributed by atoms with van der Waals surface area (Å²) in [7, 11) is 0. The van der Waals surface area contributed by atoms with Crippen LogP contribution < -0.4 is 5.32 Å². The minimum Gasteiger partial charge on any atom is -0.381 e. The van der Waals surface area contributed by atoms with Crippen molar-refractivity contribution in [2.45, 2.75) is 6.04 Å². The van der Waals surface area contributed by atoms with Crippen molar-refractivity contribution in [3.8, 4) is 0 Å². The zero-order chi connectivity index (χ0) is 7.84. The van der Waals surface area contributed by atoms with E-state index in [4.69, 9.17) is 11.6 Å². The van der Waals surface area contributed by atoms with Gasteiger partial charge in [-0.05, 0) is 6.20 Å². The van der Waals surface area contributed by atoms with Crippen molar-refractivity contribution in [1.82, 2.24) is 5.32 Å². The molecule has 0 aromatic heterocycles. The number of fused-ring (bicyclic) bond motifs is 1. The van der Waals surface area contributed by atoms with Gasteiger partial charge in [-0.1, -0.05) is 33.6 Å². The van der Waals surface area contributed by atoms with Crippen molar-refractivity contribution in [2.75, 3.05) is 0 Å². The van der Waals surface area contributed by atoms with Crippen molar-refractivity contribution in [1.29, 1.82) is 0 Å². The lowest BCUT2D eigenvalue weighted by atomic mass is 10.0. The van der Waals surface area contributed by atoms with Crippen LogP contribution in [0.1, 0.15) is 0 Å². The van der Waals surface area contributed by atoms with Gasteiger partial charge in [0.1, 0.15) is 5.17 Å². The van der Waals surface area contributed by atoms with Crippen LogP contribution in [0.3, 0.4) is 0 Å². The fraction of sp³-hybridized carbons (Fsp3) is 0.286. The number of rotatable bonds is 0. The molecule has 0 bridgehead atoms. The minimum atomic E-state index is 0.149. The second-order valence-corrected chi connectivity index (χ2v) is 3.80. The van der Waals surface area contributed by atoms with E-state index >= 15 is 0 Å². The third-order valence-electron chi connectivity index (χ3n) is 1.82. The topological polar surface area (TPSA) is 24.4 Å². The summed E-state index contributed by atoms with van der Waals surface area (Å²) in [6.45, 7) is 0. The summed E-state index contributed by atoms with van der Waals surface area (Å²) < 4.78 is 1.08. The molecule has 2 aliphatic heterocycles. The molecule has 2 unspecified atom stereocenters. The maximum absolute atomic E-state index is 5.87. The van der Waals surface area contributed by atoms with E-state index in [2.05, 4.69) is 32.3 Å². The minimum absolute atomic E-state index is 0.149. The van der Waals surface area contributed by atoms with Gasteiger partial charge in [-0.25, -0.2) is 4.99 Å². The van der Waals surface area contributed by atoms with E-state index in [0.29, 0.717) is 11.1 Å². The standard InChI is InChI=1S/C7H6BrClN2/c8-5-3-11-7(9)6-4(5)1-2-10-6/h1-4,6,10H. The SMILES string of the molecule is ClC1=NC=C(Br)C2C=CNC12. The van der Waals surface area contributed by atoms with Crippen LogP contribution in [0.25, 0.3) is 0 Å². The van der Waals surface area contributed by atoms with Crippen LogP contribution in [0.5, 0.6) is 0 Å². The summed E-state index contributed by atoms with van der Waals surface area (Å²) in [6, 6.07) is 0.149. The molecular formula is C7H6BrClN2. The van der Waals surface area contributed by atoms with Crippen LogP contribution in [-0.2, 0) is 0 Å². The Hall–Kier alpha value is -0.280. The number of hydrogen-bond acceptors (Lipinski definition) is 2. The quantitative estimate of drug-likeness (QED) is 0.680. The molecule has 0 aromatic rings. The summed E-state index contributed by atoms with van der Waals surface area (Å²) >= 11 is 9.29. The molecule has 11 heavy (non-hydrogen) atoms. The predicted octanol–water partition coefficient (Wildman–Crippen LogP) is 1.98. The Morgan fingerprint density at radius 3 is 3.18 bits per heavy atom. The van der Waals surface area contributed by atoms with Crippen LogP contribution >= 0.6 is 27.5 Å². The summed E-state index contributed by atoms with van der Waals surface area (Å²) in [5.41, 5.74) is 0. The molecular weight excluding hydrogens is 227 g/mol. The first-order valence-corrected chi connectivity index (χ1v) is 4.47. The summed E-state index contributed by atoms with van der Waals surface area (Å²) in [5.74, 6) is 0.333. The third-order valence-corrected chi connectivity index (χ3v) is 2.89. The van der Waals surface area contributed by atoms with Crippen LogP contribution in [0, 0.1) is 5.92 Å². The second-order valence-electron chi connectivity index (χ2n) is 2.50. The van der Waals surface area contributed by atoms with E-state index in [1.807, 2.05) is 6.20 Å². The molecule has 1 N–H and O–H groups in total. The van der Waals surface area contributed by atoms with Crippen LogP contribution in [0.2, 0.25) is 0 Å². The Bertz CT molecular complexity index is 270. The average molecular weight is 233 g/mol. The Balaban J connectivity index is 2.35. The van der Waals surface area contributed by atoms with Gasteiger partial charge < -0.3 is 5.32 Å². The normalized spacial score (nSPS) is 34.0. The lowest BCUT2D eigenvalue weighted by Crippen LogP contribution is -2.34. The van der Waals surface area contributed by atoms with E-state index in [1.54, 1.807) is 6.20 Å². The monoisotopic (exact) mass is 232 g/mol. The highest BCUT2D eigenvalue weighted by Gasteiger charge is 2.30. The van der Waals surface area contributed by atoms with Crippen LogP contribution in [-0.4, -0.2) is 11.2 Å². The van der Waals surface area contributed by atoms with Crippen molar-refractivity contribution < 1.29 is 0 Å². The van der Waals surface area contributed by atoms with E-state index in [-0.39, 0.29) is 6.04 Å². The molecule has 2 rings (SSSR count). The Morgan fingerprint density at radius 2 is 2.45 bits per heavy atom. The van der Waals surface area contributed by atoms with Gasteiger partial charge in [0.25, 0.3) is 0 Å². The number of halogens is 2. The third kappa shape index (κ3) is 1.12. The summed E-state index contributed by atoms with van der Waals surface area (Å²) in [6.07, 6.45) is 5.73. The molecule has 2 nitrogen and oxygen atoms in total. The van der Waals surface area contributed by atoms with Crippen LogP contribution in [0.15, 0.2) is 28.0 Å². The molecule has 0 fully saturated rings. The average Bonchev–Trinajstić information content (AvgIpc) is 2.45. The van der Waals surface area contributed by atoms with Gasteiger partial charge in [0.05, 0.1) is 6.04 Å². The zero-order valence-corrected chi connectivity index (χ0v) is 7.93. The van der Waals surface area contributed by atoms with Gasteiger partial charge in [0, 0.05) is 16.6 Å². The van der Waals surface area contributed by atoms with E-state index in [1.165, 1.54) is 0 Å². The number of nitrogens with one attached hydrogen (secondary N) is 1. The first-order valence-electron chi connectivity index (χ1n) is 3.30. The van der Waals surface area contributed by atoms with Gasteiger partial charge in [-0.15, -0.1) is 0 Å². The number of hydrogen-bond donors (Lipinski definition) is 1. The molecule has 0 spiro atoms. The molecule has 2 heterocycles. The maximum atomic E-state index is 5.87. The largest absolute Gasteiger partial charge is 0.381 e. The Kier molecular flexibility index (Phi) is 1.77. The first-order chi connectivity index (χ1) is 5.29.